The lowest BCUT2D eigenvalue weighted by atomic mass is 9.63. The second-order valence-corrected chi connectivity index (χ2v) is 10.5. The quantitative estimate of drug-likeness (QED) is 0.383. The molecule has 1 aromatic carbocycles. The molecule has 36 heavy (non-hydrogen) atoms. The molecule has 0 heterocycles. The summed E-state index contributed by atoms with van der Waals surface area (Å²) in [5.41, 5.74) is 6.17. The summed E-state index contributed by atoms with van der Waals surface area (Å²) in [6.07, 6.45) is 13.0. The molecular formula is C30H45N3O3. The highest BCUT2D eigenvalue weighted by atomic mass is 16.3. The number of amides is 2. The third-order valence-corrected chi connectivity index (χ3v) is 7.81. The Balaban J connectivity index is 2.00. The summed E-state index contributed by atoms with van der Waals surface area (Å²) in [6.45, 7) is 5.85. The summed E-state index contributed by atoms with van der Waals surface area (Å²) >= 11 is 0. The lowest BCUT2D eigenvalue weighted by molar-refractivity contribution is -0.145. The molecule has 0 bridgehead atoms. The fraction of sp³-hybridized carbons (Fsp3) is 0.600. The monoisotopic (exact) mass is 495 g/mol. The van der Waals surface area contributed by atoms with Crippen LogP contribution < -0.4 is 11.1 Å². The molecule has 0 aliphatic heterocycles. The van der Waals surface area contributed by atoms with Gasteiger partial charge in [0, 0.05) is 37.2 Å². The molecular weight excluding hydrogens is 450 g/mol. The molecule has 3 rings (SSSR count). The summed E-state index contributed by atoms with van der Waals surface area (Å²) < 4.78 is 0. The fourth-order valence-electron chi connectivity index (χ4n) is 5.91. The smallest absolute Gasteiger partial charge is 0.244 e. The van der Waals surface area contributed by atoms with Crippen LogP contribution in [0.2, 0.25) is 0 Å². The number of allylic oxidation sites excluding steroid dienone is 2. The summed E-state index contributed by atoms with van der Waals surface area (Å²) in [6, 6.07) is 10.4. The van der Waals surface area contributed by atoms with Crippen molar-refractivity contribution in [3.05, 3.63) is 59.7 Å². The van der Waals surface area contributed by atoms with E-state index in [1.54, 1.807) is 12.2 Å². The molecule has 0 radical (unpaired) electrons. The zero-order valence-electron chi connectivity index (χ0n) is 22.1. The molecule has 6 nitrogen and oxygen atoms in total. The molecule has 3 atom stereocenters. The molecule has 2 aliphatic rings. The molecule has 2 amide bonds. The maximum atomic E-state index is 14.4. The van der Waals surface area contributed by atoms with Gasteiger partial charge in [0.1, 0.15) is 0 Å². The van der Waals surface area contributed by atoms with Crippen LogP contribution in [0, 0.1) is 11.3 Å². The van der Waals surface area contributed by atoms with Gasteiger partial charge in [-0.15, -0.1) is 0 Å². The Morgan fingerprint density at radius 3 is 2.39 bits per heavy atom. The first-order chi connectivity index (χ1) is 17.4. The van der Waals surface area contributed by atoms with Gasteiger partial charge in [0.05, 0.1) is 11.5 Å². The first kappa shape index (κ1) is 28.1. The first-order valence-corrected chi connectivity index (χ1v) is 13.8. The fourth-order valence-corrected chi connectivity index (χ4v) is 5.91. The van der Waals surface area contributed by atoms with Gasteiger partial charge in [0.15, 0.2) is 0 Å². The third kappa shape index (κ3) is 7.07. The number of primary amides is 1. The Kier molecular flexibility index (Phi) is 10.7. The van der Waals surface area contributed by atoms with E-state index in [1.807, 2.05) is 41.3 Å². The van der Waals surface area contributed by atoms with E-state index in [1.165, 1.54) is 19.3 Å². The molecule has 2 aliphatic carbocycles. The molecule has 4 N–H and O–H groups in total. The van der Waals surface area contributed by atoms with Gasteiger partial charge >= 0.3 is 0 Å². The number of nitrogens with zero attached hydrogens (tertiary/aromatic N) is 1. The molecule has 198 valence electrons. The van der Waals surface area contributed by atoms with Crippen LogP contribution in [0.3, 0.4) is 0 Å². The van der Waals surface area contributed by atoms with Crippen molar-refractivity contribution in [2.24, 2.45) is 17.1 Å². The number of aliphatic hydroxyl groups excluding tert-OH is 1. The summed E-state index contributed by atoms with van der Waals surface area (Å²) in [7, 11) is 0. The minimum atomic E-state index is -1.05. The standard InChI is InChI=1S/C30H45N3O3/c1-3-18-33(19-4-2)29(36)30(17-11-14-24(21-30)28(31)35)26(20-23-12-7-5-8-13-23)27(34)22-32-25-15-9-6-10-16-25/h5,7-8,11-14,17,25-27,32,34H,3-4,6,9-10,15-16,18-22H2,1-2H3,(H2,31,35)/t26-,27+,30?/m1/s1. The van der Waals surface area contributed by atoms with Gasteiger partial charge in [0.2, 0.25) is 11.8 Å². The van der Waals surface area contributed by atoms with E-state index < -0.39 is 23.3 Å². The van der Waals surface area contributed by atoms with Crippen LogP contribution in [0.15, 0.2) is 54.1 Å². The minimum absolute atomic E-state index is 0.0213. The van der Waals surface area contributed by atoms with Crippen LogP contribution in [0.1, 0.15) is 70.8 Å². The normalized spacial score (nSPS) is 22.0. The summed E-state index contributed by atoms with van der Waals surface area (Å²) in [5, 5.41) is 15.3. The molecule has 0 aromatic heterocycles. The number of carbonyl (C=O) groups is 2. The van der Waals surface area contributed by atoms with Crippen molar-refractivity contribution in [1.82, 2.24) is 10.2 Å². The molecule has 1 saturated carbocycles. The second-order valence-electron chi connectivity index (χ2n) is 10.5. The van der Waals surface area contributed by atoms with E-state index in [4.69, 9.17) is 5.73 Å². The molecule has 6 heteroatoms. The zero-order chi connectivity index (χ0) is 26.0. The van der Waals surface area contributed by atoms with Crippen molar-refractivity contribution < 1.29 is 14.7 Å². The van der Waals surface area contributed by atoms with Crippen molar-refractivity contribution in [1.29, 1.82) is 0 Å². The maximum Gasteiger partial charge on any atom is 0.244 e. The van der Waals surface area contributed by atoms with Crippen LogP contribution >= 0.6 is 0 Å². The van der Waals surface area contributed by atoms with Crippen molar-refractivity contribution in [2.75, 3.05) is 19.6 Å². The van der Waals surface area contributed by atoms with Crippen LogP contribution in [0.25, 0.3) is 0 Å². The van der Waals surface area contributed by atoms with Crippen molar-refractivity contribution in [2.45, 2.75) is 83.8 Å². The average Bonchev–Trinajstić information content (AvgIpc) is 2.91. The SMILES string of the molecule is CCCN(CCC)C(=O)C1([C@H](Cc2ccccc2)[C@@H](O)CNC2CCCCC2)C=CC=C(C(N)=O)C1. The average molecular weight is 496 g/mol. The Labute approximate surface area is 217 Å². The van der Waals surface area contributed by atoms with Crippen LogP contribution in [-0.4, -0.2) is 53.6 Å². The number of aliphatic hydroxyl groups is 1. The van der Waals surface area contributed by atoms with E-state index >= 15 is 0 Å². The predicted molar refractivity (Wildman–Crippen MR) is 145 cm³/mol. The summed E-state index contributed by atoms with van der Waals surface area (Å²) in [4.78, 5) is 28.6. The number of hydrogen-bond donors (Lipinski definition) is 3. The Morgan fingerprint density at radius 2 is 1.78 bits per heavy atom. The maximum absolute atomic E-state index is 14.4. The van der Waals surface area contributed by atoms with Crippen molar-refractivity contribution >= 4 is 11.8 Å². The zero-order valence-corrected chi connectivity index (χ0v) is 22.1. The molecule has 1 fully saturated rings. The number of hydrogen-bond acceptors (Lipinski definition) is 4. The van der Waals surface area contributed by atoms with Crippen molar-refractivity contribution in [3.8, 4) is 0 Å². The predicted octanol–water partition coefficient (Wildman–Crippen LogP) is 4.14. The van der Waals surface area contributed by atoms with Gasteiger partial charge in [0.25, 0.3) is 0 Å². The first-order valence-electron chi connectivity index (χ1n) is 13.8. The Hall–Kier alpha value is -2.44. The van der Waals surface area contributed by atoms with E-state index in [0.717, 1.165) is 31.2 Å². The second kappa shape index (κ2) is 13.8. The van der Waals surface area contributed by atoms with Crippen LogP contribution in [0.4, 0.5) is 0 Å². The number of carbonyl (C=O) groups excluding carboxylic acids is 2. The molecule has 1 aromatic rings. The van der Waals surface area contributed by atoms with Crippen LogP contribution in [-0.2, 0) is 16.0 Å². The number of benzene rings is 1. The topological polar surface area (TPSA) is 95.7 Å². The number of nitrogens with one attached hydrogen (secondary N) is 1. The molecule has 0 saturated heterocycles. The van der Waals surface area contributed by atoms with E-state index in [0.29, 0.717) is 37.7 Å². The van der Waals surface area contributed by atoms with Gasteiger partial charge in [-0.1, -0.05) is 81.7 Å². The number of nitrogens with two attached hydrogens (primary N) is 1. The highest BCUT2D eigenvalue weighted by Gasteiger charge is 2.49. The van der Waals surface area contributed by atoms with Crippen molar-refractivity contribution in [3.63, 3.8) is 0 Å². The van der Waals surface area contributed by atoms with Gasteiger partial charge in [-0.05, 0) is 44.1 Å². The third-order valence-electron chi connectivity index (χ3n) is 7.81. The molecule has 1 unspecified atom stereocenters. The largest absolute Gasteiger partial charge is 0.391 e. The Morgan fingerprint density at radius 1 is 1.11 bits per heavy atom. The van der Waals surface area contributed by atoms with E-state index in [-0.39, 0.29) is 12.3 Å². The molecule has 0 spiro atoms. The minimum Gasteiger partial charge on any atom is -0.391 e. The van der Waals surface area contributed by atoms with Gasteiger partial charge in [-0.25, -0.2) is 0 Å². The summed E-state index contributed by atoms with van der Waals surface area (Å²) in [5.74, 6) is -0.951. The number of rotatable bonds is 13. The highest BCUT2D eigenvalue weighted by Crippen LogP contribution is 2.44. The lowest BCUT2D eigenvalue weighted by Crippen LogP contribution is -2.54. The van der Waals surface area contributed by atoms with Gasteiger partial charge in [-0.3, -0.25) is 9.59 Å². The van der Waals surface area contributed by atoms with Crippen LogP contribution in [0.5, 0.6) is 0 Å². The van der Waals surface area contributed by atoms with E-state index in [9.17, 15) is 14.7 Å². The lowest BCUT2D eigenvalue weighted by Gasteiger charge is -2.44. The van der Waals surface area contributed by atoms with E-state index in [2.05, 4.69) is 19.2 Å². The van der Waals surface area contributed by atoms with Gasteiger partial charge in [-0.2, -0.15) is 0 Å². The highest BCUT2D eigenvalue weighted by molar-refractivity contribution is 5.95. The van der Waals surface area contributed by atoms with Gasteiger partial charge < -0.3 is 21.1 Å². The Bertz CT molecular complexity index is 901.